The van der Waals surface area contributed by atoms with Crippen LogP contribution < -0.4 is 0 Å². The van der Waals surface area contributed by atoms with E-state index in [0.717, 1.165) is 5.90 Å². The number of hydrogen-bond acceptors (Lipinski definition) is 3. The molecule has 1 atom stereocenters. The molecule has 1 heterocycles. The van der Waals surface area contributed by atoms with Crippen molar-refractivity contribution in [3.05, 3.63) is 0 Å². The molecule has 1 rings (SSSR count). The third kappa shape index (κ3) is 3.01. The third-order valence-corrected chi connectivity index (χ3v) is 2.04. The van der Waals surface area contributed by atoms with Crippen LogP contribution in [0.5, 0.6) is 0 Å². The lowest BCUT2D eigenvalue weighted by molar-refractivity contribution is -0.137. The Morgan fingerprint density at radius 2 is 2.29 bits per heavy atom. The number of rotatable bonds is 3. The van der Waals surface area contributed by atoms with Gasteiger partial charge in [0.1, 0.15) is 6.10 Å². The van der Waals surface area contributed by atoms with Crippen LogP contribution in [-0.2, 0) is 9.53 Å². The monoisotopic (exact) mass is 199 g/mol. The van der Waals surface area contributed by atoms with Gasteiger partial charge in [-0.25, -0.2) is 0 Å². The molecule has 0 amide bonds. The first-order valence-corrected chi connectivity index (χ1v) is 4.83. The minimum atomic E-state index is -0.780. The van der Waals surface area contributed by atoms with Crippen LogP contribution in [0, 0.1) is 5.41 Å². The van der Waals surface area contributed by atoms with E-state index < -0.39 is 5.97 Å². The van der Waals surface area contributed by atoms with E-state index >= 15 is 0 Å². The van der Waals surface area contributed by atoms with Crippen LogP contribution in [0.25, 0.3) is 0 Å². The number of hydrogen-bond donors (Lipinski definition) is 1. The van der Waals surface area contributed by atoms with Crippen molar-refractivity contribution in [3.8, 4) is 0 Å². The molecule has 80 valence electrons. The van der Waals surface area contributed by atoms with Crippen molar-refractivity contribution in [3.63, 3.8) is 0 Å². The molecule has 0 saturated heterocycles. The summed E-state index contributed by atoms with van der Waals surface area (Å²) in [6, 6.07) is 0. The maximum Gasteiger partial charge on any atom is 0.303 e. The van der Waals surface area contributed by atoms with Gasteiger partial charge in [0.2, 0.25) is 0 Å². The standard InChI is InChI=1S/C10H17NO3/c1-10(2,3)9-11-6-7(14-9)4-5-8(12)13/h7H,4-6H2,1-3H3,(H,12,13). The average Bonchev–Trinajstić information content (AvgIpc) is 2.47. The molecule has 0 aromatic rings. The minimum Gasteiger partial charge on any atom is -0.481 e. The van der Waals surface area contributed by atoms with Crippen LogP contribution in [0.4, 0.5) is 0 Å². The number of aliphatic carboxylic acids is 1. The predicted octanol–water partition coefficient (Wildman–Crippen LogP) is 1.69. The van der Waals surface area contributed by atoms with Gasteiger partial charge in [-0.2, -0.15) is 0 Å². The van der Waals surface area contributed by atoms with Crippen molar-refractivity contribution >= 4 is 11.9 Å². The molecule has 0 radical (unpaired) electrons. The van der Waals surface area contributed by atoms with Crippen LogP contribution in [0.3, 0.4) is 0 Å². The zero-order valence-corrected chi connectivity index (χ0v) is 8.91. The molecule has 0 fully saturated rings. The highest BCUT2D eigenvalue weighted by molar-refractivity contribution is 5.82. The fourth-order valence-electron chi connectivity index (χ4n) is 1.27. The molecule has 4 nitrogen and oxygen atoms in total. The van der Waals surface area contributed by atoms with Gasteiger partial charge in [0.15, 0.2) is 5.90 Å². The fraction of sp³-hybridized carbons (Fsp3) is 0.800. The second-order valence-corrected chi connectivity index (χ2v) is 4.57. The highest BCUT2D eigenvalue weighted by Gasteiger charge is 2.28. The van der Waals surface area contributed by atoms with Crippen molar-refractivity contribution in [2.75, 3.05) is 6.54 Å². The topological polar surface area (TPSA) is 58.9 Å². The summed E-state index contributed by atoms with van der Waals surface area (Å²) in [4.78, 5) is 14.6. The summed E-state index contributed by atoms with van der Waals surface area (Å²) in [5, 5.41) is 8.51. The van der Waals surface area contributed by atoms with Crippen molar-refractivity contribution in [1.82, 2.24) is 0 Å². The molecular formula is C10H17NO3. The predicted molar refractivity (Wildman–Crippen MR) is 53.5 cm³/mol. The van der Waals surface area contributed by atoms with E-state index in [9.17, 15) is 4.79 Å². The number of aliphatic imine (C=N–C) groups is 1. The smallest absolute Gasteiger partial charge is 0.303 e. The number of carbonyl (C=O) groups is 1. The van der Waals surface area contributed by atoms with Gasteiger partial charge in [0, 0.05) is 11.8 Å². The van der Waals surface area contributed by atoms with Crippen LogP contribution in [-0.4, -0.2) is 29.6 Å². The zero-order chi connectivity index (χ0) is 10.8. The van der Waals surface area contributed by atoms with Crippen LogP contribution in [0.15, 0.2) is 4.99 Å². The molecule has 14 heavy (non-hydrogen) atoms. The number of ether oxygens (including phenoxy) is 1. The maximum absolute atomic E-state index is 10.3. The minimum absolute atomic E-state index is 0.0414. The van der Waals surface area contributed by atoms with E-state index in [-0.39, 0.29) is 17.9 Å². The summed E-state index contributed by atoms with van der Waals surface area (Å²) in [5.74, 6) is -0.0364. The Morgan fingerprint density at radius 1 is 1.64 bits per heavy atom. The molecule has 0 saturated carbocycles. The van der Waals surface area contributed by atoms with Gasteiger partial charge in [-0.1, -0.05) is 20.8 Å². The van der Waals surface area contributed by atoms with E-state index in [1.54, 1.807) is 0 Å². The molecule has 1 aliphatic rings. The quantitative estimate of drug-likeness (QED) is 0.752. The molecule has 0 aliphatic carbocycles. The highest BCUT2D eigenvalue weighted by Crippen LogP contribution is 2.23. The maximum atomic E-state index is 10.3. The lowest BCUT2D eigenvalue weighted by atomic mass is 9.97. The normalized spacial score (nSPS) is 21.6. The molecule has 1 aliphatic heterocycles. The second kappa shape index (κ2) is 3.98. The summed E-state index contributed by atoms with van der Waals surface area (Å²) in [5.41, 5.74) is -0.0715. The van der Waals surface area contributed by atoms with E-state index in [1.165, 1.54) is 0 Å². The van der Waals surface area contributed by atoms with Crippen molar-refractivity contribution in [1.29, 1.82) is 0 Å². The van der Waals surface area contributed by atoms with Gasteiger partial charge < -0.3 is 9.84 Å². The molecule has 1 N–H and O–H groups in total. The average molecular weight is 199 g/mol. The largest absolute Gasteiger partial charge is 0.481 e. The van der Waals surface area contributed by atoms with E-state index in [4.69, 9.17) is 9.84 Å². The van der Waals surface area contributed by atoms with Crippen LogP contribution >= 0.6 is 0 Å². The van der Waals surface area contributed by atoms with Crippen molar-refractivity contribution < 1.29 is 14.6 Å². The second-order valence-electron chi connectivity index (χ2n) is 4.57. The van der Waals surface area contributed by atoms with E-state index in [2.05, 4.69) is 4.99 Å². The SMILES string of the molecule is CC(C)(C)C1=NCC(CCC(=O)O)O1. The lowest BCUT2D eigenvalue weighted by Crippen LogP contribution is -2.23. The van der Waals surface area contributed by atoms with E-state index in [1.807, 2.05) is 20.8 Å². The summed E-state index contributed by atoms with van der Waals surface area (Å²) in [6.45, 7) is 6.70. The Labute approximate surface area is 84.0 Å². The van der Waals surface area contributed by atoms with Gasteiger partial charge >= 0.3 is 5.97 Å². The van der Waals surface area contributed by atoms with Crippen molar-refractivity contribution in [2.45, 2.75) is 39.7 Å². The Bertz CT molecular complexity index is 253. The summed E-state index contributed by atoms with van der Waals surface area (Å²) >= 11 is 0. The molecule has 0 aromatic carbocycles. The zero-order valence-electron chi connectivity index (χ0n) is 8.91. The summed E-state index contributed by atoms with van der Waals surface area (Å²) < 4.78 is 5.56. The molecule has 0 bridgehead atoms. The number of nitrogens with zero attached hydrogens (tertiary/aromatic N) is 1. The Balaban J connectivity index is 2.36. The highest BCUT2D eigenvalue weighted by atomic mass is 16.5. The van der Waals surface area contributed by atoms with E-state index in [0.29, 0.717) is 13.0 Å². The lowest BCUT2D eigenvalue weighted by Gasteiger charge is -2.19. The first kappa shape index (κ1) is 11.0. The molecule has 4 heteroatoms. The van der Waals surface area contributed by atoms with Gasteiger partial charge in [0.05, 0.1) is 6.54 Å². The van der Waals surface area contributed by atoms with Crippen LogP contribution in [0.1, 0.15) is 33.6 Å². The van der Waals surface area contributed by atoms with Gasteiger partial charge in [-0.15, -0.1) is 0 Å². The Hall–Kier alpha value is -1.06. The first-order valence-electron chi connectivity index (χ1n) is 4.83. The van der Waals surface area contributed by atoms with Crippen molar-refractivity contribution in [2.24, 2.45) is 10.4 Å². The summed E-state index contributed by atoms with van der Waals surface area (Å²) in [6.07, 6.45) is 0.649. The fourth-order valence-corrected chi connectivity index (χ4v) is 1.27. The summed E-state index contributed by atoms with van der Waals surface area (Å²) in [7, 11) is 0. The molecular weight excluding hydrogens is 182 g/mol. The van der Waals surface area contributed by atoms with Gasteiger partial charge in [-0.3, -0.25) is 9.79 Å². The Morgan fingerprint density at radius 3 is 2.71 bits per heavy atom. The number of carboxylic acids is 1. The van der Waals surface area contributed by atoms with Crippen LogP contribution in [0.2, 0.25) is 0 Å². The molecule has 1 unspecified atom stereocenters. The van der Waals surface area contributed by atoms with Gasteiger partial charge in [-0.05, 0) is 6.42 Å². The number of carboxylic acid groups (broad SMARTS) is 1. The first-order chi connectivity index (χ1) is 6.39. The third-order valence-electron chi connectivity index (χ3n) is 2.04. The molecule has 0 spiro atoms. The Kier molecular flexibility index (Phi) is 3.13. The molecule has 0 aromatic heterocycles. The van der Waals surface area contributed by atoms with Gasteiger partial charge in [0.25, 0.3) is 0 Å².